The second-order valence-corrected chi connectivity index (χ2v) is 8.32. The number of halogens is 1. The summed E-state index contributed by atoms with van der Waals surface area (Å²) in [6.07, 6.45) is -0.740. The Morgan fingerprint density at radius 2 is 1.75 bits per heavy atom. The summed E-state index contributed by atoms with van der Waals surface area (Å²) in [7, 11) is 0. The van der Waals surface area contributed by atoms with Crippen LogP contribution < -0.4 is 15.5 Å². The van der Waals surface area contributed by atoms with Crippen LogP contribution in [0.25, 0.3) is 22.1 Å². The van der Waals surface area contributed by atoms with Crippen molar-refractivity contribution in [2.24, 2.45) is 0 Å². The number of benzene rings is 2. The van der Waals surface area contributed by atoms with E-state index in [0.29, 0.717) is 16.9 Å². The van der Waals surface area contributed by atoms with E-state index in [9.17, 15) is 18.8 Å². The molecule has 3 rings (SSSR count). The summed E-state index contributed by atoms with van der Waals surface area (Å²) in [6.45, 7) is 8.23. The number of esters is 1. The molecule has 168 valence electrons. The number of aryl methyl sites for hydroxylation is 1. The highest BCUT2D eigenvalue weighted by atomic mass is 19.1. The lowest BCUT2D eigenvalue weighted by Crippen LogP contribution is -2.43. The molecule has 0 bridgehead atoms. The van der Waals surface area contributed by atoms with E-state index in [4.69, 9.17) is 13.9 Å². The van der Waals surface area contributed by atoms with Gasteiger partial charge in [-0.15, -0.1) is 0 Å². The monoisotopic (exact) mass is 441 g/mol. The second-order valence-electron chi connectivity index (χ2n) is 8.32. The van der Waals surface area contributed by atoms with Gasteiger partial charge in [0.2, 0.25) is 5.43 Å². The molecule has 0 aliphatic carbocycles. The van der Waals surface area contributed by atoms with Crippen LogP contribution in [0.15, 0.2) is 51.7 Å². The number of ether oxygens (including phenoxy) is 2. The van der Waals surface area contributed by atoms with Gasteiger partial charge in [0.1, 0.15) is 34.6 Å². The molecule has 7 nitrogen and oxygen atoms in total. The normalized spacial score (nSPS) is 12.3. The van der Waals surface area contributed by atoms with Crippen molar-refractivity contribution in [2.75, 3.05) is 0 Å². The van der Waals surface area contributed by atoms with E-state index < -0.39 is 29.5 Å². The molecule has 0 saturated heterocycles. The fraction of sp³-hybridized carbons (Fsp3) is 0.292. The van der Waals surface area contributed by atoms with Crippen LogP contribution in [0.2, 0.25) is 0 Å². The number of fused-ring (bicyclic) bond motifs is 1. The van der Waals surface area contributed by atoms with Crippen molar-refractivity contribution in [1.82, 2.24) is 5.32 Å². The maximum Gasteiger partial charge on any atom is 0.408 e. The Labute approximate surface area is 184 Å². The third kappa shape index (κ3) is 5.32. The number of alkyl carbamates (subject to hydrolysis) is 1. The number of amides is 1. The predicted molar refractivity (Wildman–Crippen MR) is 117 cm³/mol. The van der Waals surface area contributed by atoms with Gasteiger partial charge in [-0.25, -0.2) is 14.0 Å². The maximum atomic E-state index is 13.2. The first kappa shape index (κ1) is 23.0. The standard InChI is InChI=1S/C24H24FNO6/c1-13(26-23(29)32-24(3,4)5)22(28)31-17-10-11-18-19(12-17)30-14(2)20(21(18)27)15-6-8-16(25)9-7-15/h6-13H,1-5H3,(H,26,29). The zero-order chi connectivity index (χ0) is 23.6. The van der Waals surface area contributed by atoms with Crippen LogP contribution >= 0.6 is 0 Å². The highest BCUT2D eigenvalue weighted by Crippen LogP contribution is 2.26. The number of carbonyl (C=O) groups is 2. The average Bonchev–Trinajstić information content (AvgIpc) is 2.67. The molecule has 1 heterocycles. The summed E-state index contributed by atoms with van der Waals surface area (Å²) in [5.41, 5.74) is 0.118. The number of rotatable bonds is 4. The highest BCUT2D eigenvalue weighted by Gasteiger charge is 2.23. The lowest BCUT2D eigenvalue weighted by molar-refractivity contribution is -0.136. The lowest BCUT2D eigenvalue weighted by atomic mass is 10.0. The molecule has 1 N–H and O–H groups in total. The predicted octanol–water partition coefficient (Wildman–Crippen LogP) is 4.73. The fourth-order valence-corrected chi connectivity index (χ4v) is 3.05. The van der Waals surface area contributed by atoms with Gasteiger partial charge in [-0.2, -0.15) is 0 Å². The topological polar surface area (TPSA) is 94.8 Å². The summed E-state index contributed by atoms with van der Waals surface area (Å²) >= 11 is 0. The molecule has 0 aliphatic heterocycles. The van der Waals surface area contributed by atoms with E-state index in [1.807, 2.05) is 0 Å². The van der Waals surface area contributed by atoms with Crippen LogP contribution in [-0.2, 0) is 9.53 Å². The summed E-state index contributed by atoms with van der Waals surface area (Å²) in [6, 6.07) is 8.97. The van der Waals surface area contributed by atoms with Gasteiger partial charge in [-0.1, -0.05) is 12.1 Å². The minimum atomic E-state index is -0.963. The van der Waals surface area contributed by atoms with E-state index >= 15 is 0 Å². The summed E-state index contributed by atoms with van der Waals surface area (Å²) in [4.78, 5) is 37.2. The molecule has 0 saturated carbocycles. The van der Waals surface area contributed by atoms with Crippen molar-refractivity contribution >= 4 is 23.0 Å². The molecule has 8 heteroatoms. The van der Waals surface area contributed by atoms with Crippen molar-refractivity contribution in [3.63, 3.8) is 0 Å². The molecular formula is C24H24FNO6. The first-order valence-electron chi connectivity index (χ1n) is 9.99. The van der Waals surface area contributed by atoms with Gasteiger partial charge in [0, 0.05) is 6.07 Å². The van der Waals surface area contributed by atoms with Crippen LogP contribution in [0, 0.1) is 12.7 Å². The first-order valence-corrected chi connectivity index (χ1v) is 9.99. The fourth-order valence-electron chi connectivity index (χ4n) is 3.05. The summed E-state index contributed by atoms with van der Waals surface area (Å²) in [5, 5.41) is 2.69. The Hall–Kier alpha value is -3.68. The van der Waals surface area contributed by atoms with Crippen molar-refractivity contribution in [3.05, 3.63) is 64.3 Å². The Balaban J connectivity index is 1.82. The molecule has 2 aromatic carbocycles. The van der Waals surface area contributed by atoms with E-state index in [2.05, 4.69) is 5.32 Å². The molecule has 1 amide bonds. The Bertz CT molecular complexity index is 1220. The largest absolute Gasteiger partial charge is 0.460 e. The van der Waals surface area contributed by atoms with Crippen LogP contribution in [0.1, 0.15) is 33.5 Å². The van der Waals surface area contributed by atoms with Crippen LogP contribution in [0.5, 0.6) is 5.75 Å². The highest BCUT2D eigenvalue weighted by molar-refractivity contribution is 5.86. The zero-order valence-corrected chi connectivity index (χ0v) is 18.4. The van der Waals surface area contributed by atoms with E-state index in [1.54, 1.807) is 27.7 Å². The third-order valence-electron chi connectivity index (χ3n) is 4.48. The van der Waals surface area contributed by atoms with Crippen LogP contribution in [0.3, 0.4) is 0 Å². The second kappa shape index (κ2) is 8.82. The zero-order valence-electron chi connectivity index (χ0n) is 18.4. The number of carbonyl (C=O) groups excluding carboxylic acids is 2. The molecule has 32 heavy (non-hydrogen) atoms. The molecule has 0 spiro atoms. The van der Waals surface area contributed by atoms with Gasteiger partial charge in [0.05, 0.1) is 10.9 Å². The lowest BCUT2D eigenvalue weighted by Gasteiger charge is -2.21. The third-order valence-corrected chi connectivity index (χ3v) is 4.48. The maximum absolute atomic E-state index is 13.2. The summed E-state index contributed by atoms with van der Waals surface area (Å²) in [5.74, 6) is -0.620. The van der Waals surface area contributed by atoms with Gasteiger partial charge in [0.15, 0.2) is 0 Å². The Morgan fingerprint density at radius 3 is 2.38 bits per heavy atom. The molecule has 0 aliphatic rings. The summed E-state index contributed by atoms with van der Waals surface area (Å²) < 4.78 is 29.4. The molecular weight excluding hydrogens is 417 g/mol. The molecule has 1 aromatic heterocycles. The average molecular weight is 441 g/mol. The Morgan fingerprint density at radius 1 is 1.09 bits per heavy atom. The smallest absolute Gasteiger partial charge is 0.408 e. The van der Waals surface area contributed by atoms with E-state index in [-0.39, 0.29) is 22.1 Å². The molecule has 0 radical (unpaired) electrons. The Kier molecular flexibility index (Phi) is 6.34. The van der Waals surface area contributed by atoms with Gasteiger partial charge in [-0.05, 0) is 64.4 Å². The van der Waals surface area contributed by atoms with Crippen LogP contribution in [0.4, 0.5) is 9.18 Å². The molecule has 3 aromatic rings. The molecule has 1 unspecified atom stereocenters. The van der Waals surface area contributed by atoms with Crippen molar-refractivity contribution < 1.29 is 27.9 Å². The molecule has 0 fully saturated rings. The minimum Gasteiger partial charge on any atom is -0.460 e. The number of nitrogens with one attached hydrogen (secondary N) is 1. The van der Waals surface area contributed by atoms with Gasteiger partial charge >= 0.3 is 12.1 Å². The molecule has 1 atom stereocenters. The van der Waals surface area contributed by atoms with Gasteiger partial charge in [0.25, 0.3) is 0 Å². The minimum absolute atomic E-state index is 0.150. The van der Waals surface area contributed by atoms with Crippen molar-refractivity contribution in [3.8, 4) is 16.9 Å². The number of hydrogen-bond donors (Lipinski definition) is 1. The van der Waals surface area contributed by atoms with Crippen LogP contribution in [-0.4, -0.2) is 23.7 Å². The van der Waals surface area contributed by atoms with Gasteiger partial charge < -0.3 is 19.2 Å². The van der Waals surface area contributed by atoms with Crippen molar-refractivity contribution in [1.29, 1.82) is 0 Å². The SMILES string of the molecule is Cc1oc2cc(OC(=O)C(C)NC(=O)OC(C)(C)C)ccc2c(=O)c1-c1ccc(F)cc1. The van der Waals surface area contributed by atoms with E-state index in [0.717, 1.165) is 0 Å². The quantitative estimate of drug-likeness (QED) is 0.465. The van der Waals surface area contributed by atoms with Crippen molar-refractivity contribution in [2.45, 2.75) is 46.3 Å². The first-order chi connectivity index (χ1) is 14.9. The van der Waals surface area contributed by atoms with Gasteiger partial charge in [-0.3, -0.25) is 4.79 Å². The van der Waals surface area contributed by atoms with E-state index in [1.165, 1.54) is 49.4 Å². The number of hydrogen-bond acceptors (Lipinski definition) is 6.